The maximum atomic E-state index is 10.2. The number of rotatable bonds is 6. The minimum atomic E-state index is -0.530. The van der Waals surface area contributed by atoms with Crippen LogP contribution in [0.3, 0.4) is 0 Å². The van der Waals surface area contributed by atoms with Gasteiger partial charge in [0.05, 0.1) is 20.3 Å². The first kappa shape index (κ1) is 14.8. The van der Waals surface area contributed by atoms with Crippen molar-refractivity contribution < 1.29 is 14.6 Å². The minimum Gasteiger partial charge on any atom is -0.493 e. The van der Waals surface area contributed by atoms with Gasteiger partial charge in [0.25, 0.3) is 0 Å². The Hall–Kier alpha value is -1.26. The summed E-state index contributed by atoms with van der Waals surface area (Å²) in [6.07, 6.45) is -0.530. The van der Waals surface area contributed by atoms with Gasteiger partial charge in [0.15, 0.2) is 11.5 Å². The molecule has 0 saturated carbocycles. The molecule has 1 atom stereocenters. The molecule has 1 N–H and O–H groups in total. The van der Waals surface area contributed by atoms with Gasteiger partial charge in [0, 0.05) is 12.6 Å². The third kappa shape index (κ3) is 3.62. The van der Waals surface area contributed by atoms with Gasteiger partial charge in [0.1, 0.15) is 0 Å². The van der Waals surface area contributed by atoms with Crippen LogP contribution >= 0.6 is 0 Å². The zero-order chi connectivity index (χ0) is 13.7. The third-order valence-corrected chi connectivity index (χ3v) is 3.13. The fourth-order valence-corrected chi connectivity index (χ4v) is 1.65. The number of likely N-dealkylation sites (N-methyl/N-ethyl adjacent to an activating group) is 1. The van der Waals surface area contributed by atoms with Gasteiger partial charge >= 0.3 is 0 Å². The summed E-state index contributed by atoms with van der Waals surface area (Å²) in [7, 11) is 5.18. The Morgan fingerprint density at radius 2 is 1.78 bits per heavy atom. The van der Waals surface area contributed by atoms with Crippen molar-refractivity contribution in [2.45, 2.75) is 26.0 Å². The second-order valence-corrected chi connectivity index (χ2v) is 4.66. The molecule has 4 heteroatoms. The Kier molecular flexibility index (Phi) is 5.44. The van der Waals surface area contributed by atoms with Crippen LogP contribution in [0.4, 0.5) is 0 Å². The molecule has 4 nitrogen and oxygen atoms in total. The molecular formula is C14H23NO3. The fourth-order valence-electron chi connectivity index (χ4n) is 1.65. The van der Waals surface area contributed by atoms with Gasteiger partial charge in [-0.25, -0.2) is 0 Å². The van der Waals surface area contributed by atoms with E-state index in [-0.39, 0.29) is 0 Å². The molecule has 0 aliphatic carbocycles. The molecule has 0 fully saturated rings. The number of ether oxygens (including phenoxy) is 2. The van der Waals surface area contributed by atoms with Crippen LogP contribution in [0.2, 0.25) is 0 Å². The molecule has 1 unspecified atom stereocenters. The Bertz CT molecular complexity index is 379. The van der Waals surface area contributed by atoms with Crippen LogP contribution in [0, 0.1) is 0 Å². The molecule has 102 valence electrons. The highest BCUT2D eigenvalue weighted by Crippen LogP contribution is 2.30. The van der Waals surface area contributed by atoms with E-state index in [0.29, 0.717) is 24.1 Å². The van der Waals surface area contributed by atoms with Crippen LogP contribution in [0.5, 0.6) is 11.5 Å². The van der Waals surface area contributed by atoms with Crippen LogP contribution in [0.15, 0.2) is 18.2 Å². The van der Waals surface area contributed by atoms with E-state index in [4.69, 9.17) is 9.47 Å². The topological polar surface area (TPSA) is 41.9 Å². The predicted molar refractivity (Wildman–Crippen MR) is 72.3 cm³/mol. The Morgan fingerprint density at radius 1 is 1.17 bits per heavy atom. The van der Waals surface area contributed by atoms with Crippen LogP contribution in [0.1, 0.15) is 25.5 Å². The molecule has 1 aromatic rings. The van der Waals surface area contributed by atoms with Crippen LogP contribution in [0.25, 0.3) is 0 Å². The van der Waals surface area contributed by atoms with Gasteiger partial charge in [-0.15, -0.1) is 0 Å². The Morgan fingerprint density at radius 3 is 2.28 bits per heavy atom. The summed E-state index contributed by atoms with van der Waals surface area (Å²) >= 11 is 0. The Labute approximate surface area is 109 Å². The quantitative estimate of drug-likeness (QED) is 0.843. The van der Waals surface area contributed by atoms with Gasteiger partial charge < -0.3 is 19.5 Å². The summed E-state index contributed by atoms with van der Waals surface area (Å²) < 4.78 is 10.4. The lowest BCUT2D eigenvalue weighted by atomic mass is 10.1. The van der Waals surface area contributed by atoms with E-state index in [1.165, 1.54) is 0 Å². The largest absolute Gasteiger partial charge is 0.493 e. The first-order valence-corrected chi connectivity index (χ1v) is 6.09. The highest BCUT2D eigenvalue weighted by Gasteiger charge is 2.15. The van der Waals surface area contributed by atoms with Crippen molar-refractivity contribution in [1.82, 2.24) is 4.90 Å². The van der Waals surface area contributed by atoms with Gasteiger partial charge in [-0.1, -0.05) is 6.07 Å². The summed E-state index contributed by atoms with van der Waals surface area (Å²) in [4.78, 5) is 2.10. The molecule has 18 heavy (non-hydrogen) atoms. The highest BCUT2D eigenvalue weighted by molar-refractivity contribution is 5.43. The van der Waals surface area contributed by atoms with Gasteiger partial charge in [-0.2, -0.15) is 0 Å². The van der Waals surface area contributed by atoms with Crippen molar-refractivity contribution in [2.75, 3.05) is 27.8 Å². The van der Waals surface area contributed by atoms with Crippen molar-refractivity contribution in [1.29, 1.82) is 0 Å². The molecule has 0 aromatic heterocycles. The standard InChI is InChI=1S/C14H23NO3/c1-10(2)15(3)9-12(16)11-6-7-13(17-4)14(8-11)18-5/h6-8,10,12,16H,9H2,1-5H3. The lowest BCUT2D eigenvalue weighted by molar-refractivity contribution is 0.112. The van der Waals surface area contributed by atoms with E-state index in [1.807, 2.05) is 25.2 Å². The van der Waals surface area contributed by atoms with Crippen molar-refractivity contribution in [3.63, 3.8) is 0 Å². The molecule has 0 aliphatic rings. The summed E-state index contributed by atoms with van der Waals surface area (Å²) in [5, 5.41) is 10.2. The zero-order valence-electron chi connectivity index (χ0n) is 11.8. The second kappa shape index (κ2) is 6.61. The van der Waals surface area contributed by atoms with Crippen LogP contribution < -0.4 is 9.47 Å². The smallest absolute Gasteiger partial charge is 0.161 e. The summed E-state index contributed by atoms with van der Waals surface area (Å²) in [6.45, 7) is 4.79. The van der Waals surface area contributed by atoms with Crippen molar-refractivity contribution in [2.24, 2.45) is 0 Å². The summed E-state index contributed by atoms with van der Waals surface area (Å²) in [5.74, 6) is 1.31. The van der Waals surface area contributed by atoms with E-state index < -0.39 is 6.10 Å². The monoisotopic (exact) mass is 253 g/mol. The summed E-state index contributed by atoms with van der Waals surface area (Å²) in [5.41, 5.74) is 0.833. The lowest BCUT2D eigenvalue weighted by Crippen LogP contribution is -2.30. The minimum absolute atomic E-state index is 0.403. The van der Waals surface area contributed by atoms with Crippen molar-refractivity contribution >= 4 is 0 Å². The molecule has 1 rings (SSSR count). The molecule has 0 bridgehead atoms. The SMILES string of the molecule is COc1ccc(C(O)CN(C)C(C)C)cc1OC. The van der Waals surface area contributed by atoms with Crippen LogP contribution in [-0.2, 0) is 0 Å². The van der Waals surface area contributed by atoms with Crippen molar-refractivity contribution in [3.8, 4) is 11.5 Å². The second-order valence-electron chi connectivity index (χ2n) is 4.66. The number of aliphatic hydroxyl groups is 1. The molecule has 1 aromatic carbocycles. The van der Waals surface area contributed by atoms with Gasteiger partial charge in [-0.05, 0) is 38.6 Å². The molecular weight excluding hydrogens is 230 g/mol. The molecule has 0 radical (unpaired) electrons. The first-order valence-electron chi connectivity index (χ1n) is 6.09. The zero-order valence-corrected chi connectivity index (χ0v) is 11.8. The number of nitrogens with zero attached hydrogens (tertiary/aromatic N) is 1. The number of hydrogen-bond donors (Lipinski definition) is 1. The van der Waals surface area contributed by atoms with E-state index in [0.717, 1.165) is 5.56 Å². The number of aliphatic hydroxyl groups excluding tert-OH is 1. The lowest BCUT2D eigenvalue weighted by Gasteiger charge is -2.24. The first-order chi connectivity index (χ1) is 8.49. The maximum absolute atomic E-state index is 10.2. The molecule has 0 aliphatic heterocycles. The number of methoxy groups -OCH3 is 2. The normalized spacial score (nSPS) is 12.9. The number of benzene rings is 1. The molecule has 0 saturated heterocycles. The predicted octanol–water partition coefficient (Wildman–Crippen LogP) is 2.08. The van der Waals surface area contributed by atoms with Crippen LogP contribution in [-0.4, -0.2) is 43.9 Å². The van der Waals surface area contributed by atoms with E-state index in [2.05, 4.69) is 18.7 Å². The number of hydrogen-bond acceptors (Lipinski definition) is 4. The Balaban J connectivity index is 2.83. The van der Waals surface area contributed by atoms with Gasteiger partial charge in [0.2, 0.25) is 0 Å². The fraction of sp³-hybridized carbons (Fsp3) is 0.571. The summed E-state index contributed by atoms with van der Waals surface area (Å²) in [6, 6.07) is 5.89. The molecule has 0 amide bonds. The van der Waals surface area contributed by atoms with Crippen molar-refractivity contribution in [3.05, 3.63) is 23.8 Å². The van der Waals surface area contributed by atoms with E-state index in [9.17, 15) is 5.11 Å². The maximum Gasteiger partial charge on any atom is 0.161 e. The van der Waals surface area contributed by atoms with E-state index in [1.54, 1.807) is 14.2 Å². The highest BCUT2D eigenvalue weighted by atomic mass is 16.5. The third-order valence-electron chi connectivity index (χ3n) is 3.13. The van der Waals surface area contributed by atoms with Gasteiger partial charge in [-0.3, -0.25) is 0 Å². The van der Waals surface area contributed by atoms with E-state index >= 15 is 0 Å². The average molecular weight is 253 g/mol. The average Bonchev–Trinajstić information content (AvgIpc) is 2.37. The molecule has 0 spiro atoms. The molecule has 0 heterocycles.